The molecule has 2 rings (SSSR count). The summed E-state index contributed by atoms with van der Waals surface area (Å²) in [5, 5.41) is 2.83. The average Bonchev–Trinajstić information content (AvgIpc) is 2.68. The summed E-state index contributed by atoms with van der Waals surface area (Å²) in [6.07, 6.45) is 0. The molecule has 0 saturated heterocycles. The van der Waals surface area contributed by atoms with Crippen molar-refractivity contribution in [2.75, 3.05) is 44.1 Å². The third-order valence-electron chi connectivity index (χ3n) is 3.94. The molecule has 0 radical (unpaired) electrons. The molecule has 7 heteroatoms. The quantitative estimate of drug-likeness (QED) is 0.661. The second-order valence-electron chi connectivity index (χ2n) is 6.25. The van der Waals surface area contributed by atoms with Crippen LogP contribution < -0.4 is 14.8 Å². The number of amides is 2. The van der Waals surface area contributed by atoms with Crippen LogP contribution in [0.1, 0.15) is 5.56 Å². The number of anilines is 1. The Morgan fingerprint density at radius 3 is 2.46 bits per heavy atom. The van der Waals surface area contributed by atoms with E-state index in [0.29, 0.717) is 13.2 Å². The van der Waals surface area contributed by atoms with Crippen molar-refractivity contribution < 1.29 is 19.1 Å². The van der Waals surface area contributed by atoms with Crippen LogP contribution in [0.3, 0.4) is 0 Å². The summed E-state index contributed by atoms with van der Waals surface area (Å²) in [5.41, 5.74) is 1.85. The van der Waals surface area contributed by atoms with E-state index in [4.69, 9.17) is 9.47 Å². The van der Waals surface area contributed by atoms with E-state index >= 15 is 0 Å². The van der Waals surface area contributed by atoms with Gasteiger partial charge in [-0.05, 0) is 48.9 Å². The van der Waals surface area contributed by atoms with Crippen molar-refractivity contribution in [3.8, 4) is 11.5 Å². The number of nitrogens with one attached hydrogen (secondary N) is 1. The lowest BCUT2D eigenvalue weighted by molar-refractivity contribution is -0.127. The summed E-state index contributed by atoms with van der Waals surface area (Å²) in [7, 11) is 3.34. The van der Waals surface area contributed by atoms with E-state index in [1.807, 2.05) is 55.5 Å². The van der Waals surface area contributed by atoms with Gasteiger partial charge < -0.3 is 19.7 Å². The number of thioether (sulfide) groups is 1. The molecule has 0 bridgehead atoms. The fourth-order valence-corrected chi connectivity index (χ4v) is 3.11. The van der Waals surface area contributed by atoms with Crippen LogP contribution in [-0.4, -0.2) is 55.5 Å². The fourth-order valence-electron chi connectivity index (χ4n) is 2.36. The first-order chi connectivity index (χ1) is 13.5. The van der Waals surface area contributed by atoms with Gasteiger partial charge in [0, 0.05) is 12.7 Å². The molecule has 2 aromatic carbocycles. The van der Waals surface area contributed by atoms with Gasteiger partial charge in [-0.2, -0.15) is 0 Å². The molecule has 28 heavy (non-hydrogen) atoms. The van der Waals surface area contributed by atoms with E-state index in [1.165, 1.54) is 11.8 Å². The number of rotatable bonds is 10. The minimum absolute atomic E-state index is 0.0355. The van der Waals surface area contributed by atoms with Gasteiger partial charge in [-0.25, -0.2) is 0 Å². The first-order valence-electron chi connectivity index (χ1n) is 8.93. The van der Waals surface area contributed by atoms with E-state index in [1.54, 1.807) is 19.1 Å². The number of aryl methyl sites for hydroxylation is 1. The molecule has 6 nitrogen and oxygen atoms in total. The van der Waals surface area contributed by atoms with Gasteiger partial charge in [-0.15, -0.1) is 11.8 Å². The predicted molar refractivity (Wildman–Crippen MR) is 113 cm³/mol. The van der Waals surface area contributed by atoms with Gasteiger partial charge in [0.2, 0.25) is 11.8 Å². The smallest absolute Gasteiger partial charge is 0.234 e. The number of likely N-dealkylation sites (N-methyl/N-ethyl adjacent to an activating group) is 1. The van der Waals surface area contributed by atoms with Gasteiger partial charge in [0.1, 0.15) is 18.1 Å². The Hall–Kier alpha value is -2.67. The van der Waals surface area contributed by atoms with E-state index in [-0.39, 0.29) is 23.3 Å². The Morgan fingerprint density at radius 2 is 1.79 bits per heavy atom. The Morgan fingerprint density at radius 1 is 1.07 bits per heavy atom. The normalized spacial score (nSPS) is 10.2. The predicted octanol–water partition coefficient (Wildman–Crippen LogP) is 3.21. The Labute approximate surface area is 170 Å². The maximum Gasteiger partial charge on any atom is 0.234 e. The lowest BCUT2D eigenvalue weighted by atomic mass is 10.2. The Balaban J connectivity index is 1.62. The topological polar surface area (TPSA) is 67.9 Å². The highest BCUT2D eigenvalue weighted by Gasteiger charge is 2.11. The number of hydrogen-bond acceptors (Lipinski definition) is 5. The highest BCUT2D eigenvalue weighted by Crippen LogP contribution is 2.17. The van der Waals surface area contributed by atoms with E-state index in [0.717, 1.165) is 22.7 Å². The largest absolute Gasteiger partial charge is 0.497 e. The molecular weight excluding hydrogens is 376 g/mol. The molecule has 0 aliphatic rings. The molecule has 0 spiro atoms. The van der Waals surface area contributed by atoms with E-state index < -0.39 is 0 Å². The number of carbonyl (C=O) groups excluding carboxylic acids is 2. The van der Waals surface area contributed by atoms with Gasteiger partial charge in [0.25, 0.3) is 0 Å². The molecule has 0 aromatic heterocycles. The summed E-state index contributed by atoms with van der Waals surface area (Å²) >= 11 is 1.30. The van der Waals surface area contributed by atoms with Gasteiger partial charge >= 0.3 is 0 Å². The lowest BCUT2D eigenvalue weighted by Crippen LogP contribution is -2.32. The number of hydrogen-bond donors (Lipinski definition) is 1. The molecule has 150 valence electrons. The van der Waals surface area contributed by atoms with Crippen LogP contribution in [0, 0.1) is 6.92 Å². The monoisotopic (exact) mass is 402 g/mol. The number of methoxy groups -OCH3 is 1. The van der Waals surface area contributed by atoms with Crippen molar-refractivity contribution >= 4 is 29.3 Å². The van der Waals surface area contributed by atoms with Gasteiger partial charge in [-0.1, -0.05) is 12.1 Å². The van der Waals surface area contributed by atoms with E-state index in [2.05, 4.69) is 5.32 Å². The van der Waals surface area contributed by atoms with Crippen LogP contribution in [-0.2, 0) is 9.59 Å². The van der Waals surface area contributed by atoms with Crippen molar-refractivity contribution in [3.63, 3.8) is 0 Å². The number of nitrogens with zero attached hydrogens (tertiary/aromatic N) is 1. The van der Waals surface area contributed by atoms with Crippen LogP contribution in [0.15, 0.2) is 48.5 Å². The molecule has 2 aromatic rings. The molecule has 0 saturated carbocycles. The molecule has 0 unspecified atom stereocenters. The summed E-state index contributed by atoms with van der Waals surface area (Å²) < 4.78 is 10.7. The highest BCUT2D eigenvalue weighted by atomic mass is 32.2. The molecule has 0 aliphatic carbocycles. The van der Waals surface area contributed by atoms with Crippen LogP contribution in [0.25, 0.3) is 0 Å². The summed E-state index contributed by atoms with van der Waals surface area (Å²) in [6, 6.07) is 14.9. The molecule has 0 atom stereocenters. The van der Waals surface area contributed by atoms with Gasteiger partial charge in [0.05, 0.1) is 25.2 Å². The number of ether oxygens (including phenoxy) is 2. The third kappa shape index (κ3) is 7.52. The molecule has 2 amide bonds. The van der Waals surface area contributed by atoms with Crippen molar-refractivity contribution in [1.82, 2.24) is 4.90 Å². The molecule has 0 fully saturated rings. The highest BCUT2D eigenvalue weighted by molar-refractivity contribution is 8.00. The molecule has 0 aliphatic heterocycles. The second-order valence-corrected chi connectivity index (χ2v) is 7.24. The van der Waals surface area contributed by atoms with E-state index in [9.17, 15) is 9.59 Å². The summed E-state index contributed by atoms with van der Waals surface area (Å²) in [4.78, 5) is 25.7. The zero-order valence-corrected chi connectivity index (χ0v) is 17.3. The zero-order chi connectivity index (χ0) is 20.4. The average molecular weight is 403 g/mol. The van der Waals surface area contributed by atoms with Crippen molar-refractivity contribution in [3.05, 3.63) is 54.1 Å². The SMILES string of the molecule is COc1ccc(OCCN(C)C(=O)CSCC(=O)Nc2cccc(C)c2)cc1. The zero-order valence-electron chi connectivity index (χ0n) is 16.4. The van der Waals surface area contributed by atoms with Crippen molar-refractivity contribution in [2.24, 2.45) is 0 Å². The third-order valence-corrected chi connectivity index (χ3v) is 4.86. The molecular formula is C21H26N2O4S. The molecule has 1 N–H and O–H groups in total. The Kier molecular flexibility index (Phi) is 8.68. The minimum atomic E-state index is -0.117. The minimum Gasteiger partial charge on any atom is -0.497 e. The maximum absolute atomic E-state index is 12.2. The molecule has 0 heterocycles. The van der Waals surface area contributed by atoms with Crippen LogP contribution in [0.5, 0.6) is 11.5 Å². The lowest BCUT2D eigenvalue weighted by Gasteiger charge is -2.17. The van der Waals surface area contributed by atoms with Gasteiger partial charge in [0.15, 0.2) is 0 Å². The summed E-state index contributed by atoms with van der Waals surface area (Å²) in [5.74, 6) is 1.82. The first kappa shape index (κ1) is 21.6. The first-order valence-corrected chi connectivity index (χ1v) is 10.1. The van der Waals surface area contributed by atoms with Crippen molar-refractivity contribution in [1.29, 1.82) is 0 Å². The second kappa shape index (κ2) is 11.2. The standard InChI is InChI=1S/C21H26N2O4S/c1-16-5-4-6-17(13-16)22-20(24)14-28-15-21(25)23(2)11-12-27-19-9-7-18(26-3)8-10-19/h4-10,13H,11-12,14-15H2,1-3H3,(H,22,24). The summed E-state index contributed by atoms with van der Waals surface area (Å²) in [6.45, 7) is 2.84. The van der Waals surface area contributed by atoms with Crippen LogP contribution in [0.2, 0.25) is 0 Å². The fraction of sp³-hybridized carbons (Fsp3) is 0.333. The maximum atomic E-state index is 12.2. The number of carbonyl (C=O) groups is 2. The number of benzene rings is 2. The van der Waals surface area contributed by atoms with Crippen molar-refractivity contribution in [2.45, 2.75) is 6.92 Å². The van der Waals surface area contributed by atoms with Crippen LogP contribution >= 0.6 is 11.8 Å². The van der Waals surface area contributed by atoms with Crippen LogP contribution in [0.4, 0.5) is 5.69 Å². The van der Waals surface area contributed by atoms with Gasteiger partial charge in [-0.3, -0.25) is 9.59 Å². The Bertz CT molecular complexity index is 780.